The number of ether oxygens (including phenoxy) is 2. The monoisotopic (exact) mass is 300 g/mol. The molecule has 0 spiro atoms. The van der Waals surface area contributed by atoms with Crippen molar-refractivity contribution < 1.29 is 9.47 Å². The Morgan fingerprint density at radius 2 is 1.91 bits per heavy atom. The minimum atomic E-state index is 0.389. The van der Waals surface area contributed by atoms with Crippen LogP contribution in [0, 0.1) is 13.8 Å². The highest BCUT2D eigenvalue weighted by molar-refractivity contribution is 5.68. The molecule has 0 radical (unpaired) electrons. The molecule has 2 aromatic rings. The second-order valence-electron chi connectivity index (χ2n) is 5.36. The fraction of sp³-hybridized carbons (Fsp3) is 0.375. The second-order valence-corrected chi connectivity index (χ2v) is 5.36. The summed E-state index contributed by atoms with van der Waals surface area (Å²) in [6, 6.07) is 5.91. The van der Waals surface area contributed by atoms with Gasteiger partial charge in [0.25, 0.3) is 0 Å². The maximum absolute atomic E-state index is 6.20. The summed E-state index contributed by atoms with van der Waals surface area (Å²) in [5, 5.41) is 0. The first-order valence-electron chi connectivity index (χ1n) is 7.33. The van der Waals surface area contributed by atoms with E-state index in [9.17, 15) is 0 Å². The Kier molecular flexibility index (Phi) is 4.11. The van der Waals surface area contributed by atoms with Gasteiger partial charge in [-0.15, -0.1) is 0 Å². The first-order valence-corrected chi connectivity index (χ1v) is 7.33. The zero-order chi connectivity index (χ0) is 15.5. The number of benzene rings is 1. The van der Waals surface area contributed by atoms with Gasteiger partial charge in [-0.3, -0.25) is 0 Å². The quantitative estimate of drug-likeness (QED) is 0.937. The Bertz CT molecular complexity index is 669. The van der Waals surface area contributed by atoms with Crippen LogP contribution in [0.15, 0.2) is 24.5 Å². The fourth-order valence-corrected chi connectivity index (χ4v) is 2.37. The second kappa shape index (κ2) is 6.19. The highest BCUT2D eigenvalue weighted by Crippen LogP contribution is 2.32. The third-order valence-corrected chi connectivity index (χ3v) is 3.83. The Morgan fingerprint density at radius 3 is 2.64 bits per heavy atom. The number of hydrogen-bond donors (Lipinski definition) is 1. The molecule has 1 aromatic heterocycles. The van der Waals surface area contributed by atoms with Crippen LogP contribution in [0.4, 0.5) is 11.5 Å². The number of nitrogens with two attached hydrogens (primary N) is 1. The van der Waals surface area contributed by atoms with Crippen LogP contribution >= 0.6 is 0 Å². The number of aromatic nitrogens is 2. The lowest BCUT2D eigenvalue weighted by Crippen LogP contribution is -2.37. The molecule has 0 aliphatic carbocycles. The largest absolute Gasteiger partial charge is 0.437 e. The lowest BCUT2D eigenvalue weighted by Gasteiger charge is -2.28. The molecule has 1 saturated heterocycles. The highest BCUT2D eigenvalue weighted by Gasteiger charge is 2.18. The van der Waals surface area contributed by atoms with Crippen molar-refractivity contribution in [3.8, 4) is 11.6 Å². The third kappa shape index (κ3) is 2.96. The van der Waals surface area contributed by atoms with E-state index >= 15 is 0 Å². The van der Waals surface area contributed by atoms with Crippen molar-refractivity contribution in [3.05, 3.63) is 35.7 Å². The molecule has 1 fully saturated rings. The molecular weight excluding hydrogens is 280 g/mol. The van der Waals surface area contributed by atoms with Crippen LogP contribution in [-0.2, 0) is 4.74 Å². The summed E-state index contributed by atoms with van der Waals surface area (Å²) < 4.78 is 11.2. The maximum atomic E-state index is 6.20. The van der Waals surface area contributed by atoms with Crippen molar-refractivity contribution in [2.45, 2.75) is 13.8 Å². The summed E-state index contributed by atoms with van der Waals surface area (Å²) in [6.45, 7) is 7.00. The average molecular weight is 300 g/mol. The fourth-order valence-electron chi connectivity index (χ4n) is 2.37. The van der Waals surface area contributed by atoms with E-state index in [4.69, 9.17) is 15.2 Å². The molecule has 0 atom stereocenters. The van der Waals surface area contributed by atoms with Crippen LogP contribution in [0.5, 0.6) is 11.6 Å². The van der Waals surface area contributed by atoms with E-state index in [-0.39, 0.29) is 0 Å². The lowest BCUT2D eigenvalue weighted by molar-refractivity contribution is 0.122. The molecule has 22 heavy (non-hydrogen) atoms. The van der Waals surface area contributed by atoms with Gasteiger partial charge in [-0.25, -0.2) is 4.98 Å². The van der Waals surface area contributed by atoms with Crippen molar-refractivity contribution >= 4 is 11.5 Å². The molecular formula is C16H20N4O2. The first-order chi connectivity index (χ1) is 10.6. The van der Waals surface area contributed by atoms with Crippen LogP contribution < -0.4 is 15.4 Å². The summed E-state index contributed by atoms with van der Waals surface area (Å²) in [5.74, 6) is 1.82. The predicted octanol–water partition coefficient (Wildman–Crippen LogP) is 2.30. The number of aryl methyl sites for hydroxylation is 2. The summed E-state index contributed by atoms with van der Waals surface area (Å²) in [6.07, 6.45) is 1.48. The minimum Gasteiger partial charge on any atom is -0.437 e. The highest BCUT2D eigenvalue weighted by atomic mass is 16.5. The van der Waals surface area contributed by atoms with Gasteiger partial charge in [-0.2, -0.15) is 4.98 Å². The molecule has 1 aromatic carbocycles. The number of nitrogens with zero attached hydrogens (tertiary/aromatic N) is 3. The summed E-state index contributed by atoms with van der Waals surface area (Å²) in [4.78, 5) is 10.5. The Labute approximate surface area is 129 Å². The molecule has 6 heteroatoms. The van der Waals surface area contributed by atoms with Crippen LogP contribution in [-0.4, -0.2) is 36.3 Å². The molecule has 0 amide bonds. The van der Waals surface area contributed by atoms with Gasteiger partial charge in [0.2, 0.25) is 5.88 Å². The normalized spacial score (nSPS) is 14.9. The van der Waals surface area contributed by atoms with Gasteiger partial charge in [0, 0.05) is 13.1 Å². The van der Waals surface area contributed by atoms with Gasteiger partial charge in [-0.1, -0.05) is 6.07 Å². The molecule has 1 aliphatic heterocycles. The molecule has 6 nitrogen and oxygen atoms in total. The van der Waals surface area contributed by atoms with Crippen molar-refractivity contribution in [3.63, 3.8) is 0 Å². The Hall–Kier alpha value is -2.34. The smallest absolute Gasteiger partial charge is 0.248 e. The molecule has 2 N–H and O–H groups in total. The third-order valence-electron chi connectivity index (χ3n) is 3.83. The number of morpholine rings is 1. The zero-order valence-corrected chi connectivity index (χ0v) is 12.9. The van der Waals surface area contributed by atoms with Crippen LogP contribution in [0.1, 0.15) is 11.1 Å². The van der Waals surface area contributed by atoms with Gasteiger partial charge < -0.3 is 20.1 Å². The molecule has 2 heterocycles. The Morgan fingerprint density at radius 1 is 1.14 bits per heavy atom. The van der Waals surface area contributed by atoms with Crippen molar-refractivity contribution in [1.29, 1.82) is 0 Å². The first kappa shape index (κ1) is 14.6. The van der Waals surface area contributed by atoms with Gasteiger partial charge in [0.15, 0.2) is 5.82 Å². The van der Waals surface area contributed by atoms with E-state index in [2.05, 4.69) is 21.8 Å². The summed E-state index contributed by atoms with van der Waals surface area (Å²) in [7, 11) is 0. The topological polar surface area (TPSA) is 73.5 Å². The van der Waals surface area contributed by atoms with E-state index in [1.54, 1.807) is 0 Å². The van der Waals surface area contributed by atoms with Crippen molar-refractivity contribution in [2.24, 2.45) is 0 Å². The molecule has 3 rings (SSSR count). The zero-order valence-electron chi connectivity index (χ0n) is 12.9. The van der Waals surface area contributed by atoms with Crippen molar-refractivity contribution in [1.82, 2.24) is 9.97 Å². The van der Waals surface area contributed by atoms with Crippen LogP contribution in [0.3, 0.4) is 0 Å². The minimum absolute atomic E-state index is 0.389. The summed E-state index contributed by atoms with van der Waals surface area (Å²) in [5.41, 5.74) is 9.04. The van der Waals surface area contributed by atoms with Crippen LogP contribution in [0.2, 0.25) is 0 Å². The van der Waals surface area contributed by atoms with E-state index in [1.807, 2.05) is 25.1 Å². The number of hydrogen-bond acceptors (Lipinski definition) is 6. The average Bonchev–Trinajstić information content (AvgIpc) is 2.54. The number of nitrogen functional groups attached to an aromatic ring is 1. The van der Waals surface area contributed by atoms with Gasteiger partial charge in [0.05, 0.1) is 13.2 Å². The van der Waals surface area contributed by atoms with Gasteiger partial charge in [0.1, 0.15) is 17.8 Å². The van der Waals surface area contributed by atoms with E-state index in [0.717, 1.165) is 18.8 Å². The maximum Gasteiger partial charge on any atom is 0.248 e. The van der Waals surface area contributed by atoms with Crippen molar-refractivity contribution in [2.75, 3.05) is 36.9 Å². The predicted molar refractivity (Wildman–Crippen MR) is 85.5 cm³/mol. The lowest BCUT2D eigenvalue weighted by atomic mass is 10.1. The molecule has 0 bridgehead atoms. The summed E-state index contributed by atoms with van der Waals surface area (Å²) >= 11 is 0. The molecule has 116 valence electrons. The number of anilines is 2. The number of rotatable bonds is 3. The standard InChI is InChI=1S/C16H20N4O2/c1-11-3-4-13(9-12(11)2)22-16-14(17)15(18-10-19-16)20-5-7-21-8-6-20/h3-4,9-10H,5-8,17H2,1-2H3. The van der Waals surface area contributed by atoms with E-state index < -0.39 is 0 Å². The molecule has 1 aliphatic rings. The van der Waals surface area contributed by atoms with Gasteiger partial charge >= 0.3 is 0 Å². The Balaban J connectivity index is 1.86. The SMILES string of the molecule is Cc1ccc(Oc2ncnc(N3CCOCC3)c2N)cc1C. The van der Waals surface area contributed by atoms with Gasteiger partial charge in [-0.05, 0) is 37.1 Å². The molecule has 0 saturated carbocycles. The van der Waals surface area contributed by atoms with E-state index in [0.29, 0.717) is 30.6 Å². The van der Waals surface area contributed by atoms with E-state index in [1.165, 1.54) is 17.5 Å². The van der Waals surface area contributed by atoms with Crippen LogP contribution in [0.25, 0.3) is 0 Å². The molecule has 0 unspecified atom stereocenters.